The van der Waals surface area contributed by atoms with Gasteiger partial charge < -0.3 is 9.84 Å². The van der Waals surface area contributed by atoms with Crippen molar-refractivity contribution in [2.24, 2.45) is 0 Å². The number of benzene rings is 3. The standard InChI is InChI=1S/C21H16O3/c22-19-17-13-7-8-14-18(17)24-20(15-9-3-1-4-10-15)21(19,23)16-11-5-2-6-12-16/h1-14,20,23H/t20-,21-/m1/s1. The average molecular weight is 316 g/mol. The van der Waals surface area contributed by atoms with Crippen LogP contribution in [0.25, 0.3) is 0 Å². The molecule has 2 atom stereocenters. The number of carbonyl (C=O) groups is 1. The van der Waals surface area contributed by atoms with Gasteiger partial charge in [0.2, 0.25) is 5.78 Å². The summed E-state index contributed by atoms with van der Waals surface area (Å²) in [5.41, 5.74) is -0.0853. The third-order valence-electron chi connectivity index (χ3n) is 4.42. The van der Waals surface area contributed by atoms with Crippen molar-refractivity contribution in [2.45, 2.75) is 11.7 Å². The van der Waals surface area contributed by atoms with Gasteiger partial charge in [-0.25, -0.2) is 0 Å². The van der Waals surface area contributed by atoms with Crippen molar-refractivity contribution < 1.29 is 14.6 Å². The molecule has 3 nitrogen and oxygen atoms in total. The van der Waals surface area contributed by atoms with Crippen LogP contribution in [0.5, 0.6) is 5.75 Å². The van der Waals surface area contributed by atoms with Gasteiger partial charge in [-0.05, 0) is 23.3 Å². The number of Topliss-reactive ketones (excluding diaryl/α,β-unsaturated/α-hetero) is 1. The van der Waals surface area contributed by atoms with Crippen molar-refractivity contribution in [3.63, 3.8) is 0 Å². The highest BCUT2D eigenvalue weighted by atomic mass is 16.5. The molecule has 118 valence electrons. The molecule has 3 heteroatoms. The monoisotopic (exact) mass is 316 g/mol. The molecule has 0 unspecified atom stereocenters. The molecule has 1 aliphatic heterocycles. The van der Waals surface area contributed by atoms with Gasteiger partial charge in [-0.15, -0.1) is 0 Å². The number of ether oxygens (including phenoxy) is 1. The molecule has 24 heavy (non-hydrogen) atoms. The van der Waals surface area contributed by atoms with E-state index in [0.717, 1.165) is 5.56 Å². The molecule has 3 aromatic rings. The van der Waals surface area contributed by atoms with Gasteiger partial charge in [-0.2, -0.15) is 0 Å². The highest BCUT2D eigenvalue weighted by Gasteiger charge is 2.52. The fraction of sp³-hybridized carbons (Fsp3) is 0.0952. The fourth-order valence-corrected chi connectivity index (χ4v) is 3.21. The van der Waals surface area contributed by atoms with E-state index in [9.17, 15) is 9.90 Å². The van der Waals surface area contributed by atoms with E-state index in [0.29, 0.717) is 16.9 Å². The number of ketones is 1. The first-order valence-corrected chi connectivity index (χ1v) is 7.84. The van der Waals surface area contributed by atoms with Crippen molar-refractivity contribution in [3.8, 4) is 5.75 Å². The molecular weight excluding hydrogens is 300 g/mol. The van der Waals surface area contributed by atoms with Crippen LogP contribution in [0.15, 0.2) is 84.9 Å². The smallest absolute Gasteiger partial charge is 0.206 e. The van der Waals surface area contributed by atoms with Crippen molar-refractivity contribution >= 4 is 5.78 Å². The van der Waals surface area contributed by atoms with Gasteiger partial charge in [0.25, 0.3) is 0 Å². The Morgan fingerprint density at radius 3 is 2.08 bits per heavy atom. The number of aliphatic hydroxyl groups is 1. The van der Waals surface area contributed by atoms with E-state index < -0.39 is 11.7 Å². The molecule has 0 saturated heterocycles. The second-order valence-electron chi connectivity index (χ2n) is 5.87. The van der Waals surface area contributed by atoms with Crippen LogP contribution in [-0.2, 0) is 5.60 Å². The molecule has 0 radical (unpaired) electrons. The van der Waals surface area contributed by atoms with Crippen molar-refractivity contribution in [2.75, 3.05) is 0 Å². The summed E-state index contributed by atoms with van der Waals surface area (Å²) in [5.74, 6) is 0.154. The topological polar surface area (TPSA) is 46.5 Å². The summed E-state index contributed by atoms with van der Waals surface area (Å²) in [6.45, 7) is 0. The summed E-state index contributed by atoms with van der Waals surface area (Å²) in [5, 5.41) is 11.5. The van der Waals surface area contributed by atoms with Crippen LogP contribution < -0.4 is 4.74 Å². The molecule has 0 amide bonds. The fourth-order valence-electron chi connectivity index (χ4n) is 3.21. The molecule has 0 aromatic heterocycles. The highest BCUT2D eigenvalue weighted by Crippen LogP contribution is 2.46. The van der Waals surface area contributed by atoms with Crippen LogP contribution in [-0.4, -0.2) is 10.9 Å². The first-order valence-electron chi connectivity index (χ1n) is 7.84. The second-order valence-corrected chi connectivity index (χ2v) is 5.87. The van der Waals surface area contributed by atoms with Crippen molar-refractivity contribution in [3.05, 3.63) is 102 Å². The number of rotatable bonds is 2. The van der Waals surface area contributed by atoms with Gasteiger partial charge in [0.05, 0.1) is 5.56 Å². The van der Waals surface area contributed by atoms with Gasteiger partial charge >= 0.3 is 0 Å². The summed E-state index contributed by atoms with van der Waals surface area (Å²) in [6.07, 6.45) is -0.802. The highest BCUT2D eigenvalue weighted by molar-refractivity contribution is 6.06. The Morgan fingerprint density at radius 2 is 1.38 bits per heavy atom. The van der Waals surface area contributed by atoms with Gasteiger partial charge in [0, 0.05) is 0 Å². The SMILES string of the molecule is O=C1c2ccccc2O[C@H](c2ccccc2)[C@@]1(O)c1ccccc1. The Balaban J connectivity index is 1.95. The first-order chi connectivity index (χ1) is 11.7. The minimum Gasteiger partial charge on any atom is -0.481 e. The quantitative estimate of drug-likeness (QED) is 0.780. The number of fused-ring (bicyclic) bond motifs is 1. The predicted molar refractivity (Wildman–Crippen MR) is 90.9 cm³/mol. The van der Waals surface area contributed by atoms with Crippen LogP contribution in [0.3, 0.4) is 0 Å². The summed E-state index contributed by atoms with van der Waals surface area (Å²) in [6, 6.07) is 25.4. The van der Waals surface area contributed by atoms with E-state index in [1.54, 1.807) is 30.3 Å². The van der Waals surface area contributed by atoms with E-state index in [2.05, 4.69) is 0 Å². The number of carbonyl (C=O) groups excluding carboxylic acids is 1. The summed E-state index contributed by atoms with van der Waals surface area (Å²) in [7, 11) is 0. The Bertz CT molecular complexity index is 874. The number of hydrogen-bond donors (Lipinski definition) is 1. The van der Waals surface area contributed by atoms with Gasteiger partial charge in [0.1, 0.15) is 5.75 Å². The molecule has 0 fully saturated rings. The van der Waals surface area contributed by atoms with E-state index >= 15 is 0 Å². The molecule has 0 spiro atoms. The molecular formula is C21H16O3. The number of para-hydroxylation sites is 1. The molecule has 4 rings (SSSR count). The Morgan fingerprint density at radius 1 is 0.792 bits per heavy atom. The molecule has 3 aromatic carbocycles. The lowest BCUT2D eigenvalue weighted by Gasteiger charge is -2.39. The summed E-state index contributed by atoms with van der Waals surface area (Å²) >= 11 is 0. The van der Waals surface area contributed by atoms with E-state index in [1.165, 1.54) is 0 Å². The maximum atomic E-state index is 13.2. The van der Waals surface area contributed by atoms with Crippen LogP contribution in [0.1, 0.15) is 27.6 Å². The van der Waals surface area contributed by atoms with E-state index in [1.807, 2.05) is 54.6 Å². The van der Waals surface area contributed by atoms with E-state index in [4.69, 9.17) is 4.74 Å². The zero-order chi connectivity index (χ0) is 16.6. The number of hydrogen-bond acceptors (Lipinski definition) is 3. The van der Waals surface area contributed by atoms with Gasteiger partial charge in [-0.1, -0.05) is 72.8 Å². The lowest BCUT2D eigenvalue weighted by atomic mass is 9.77. The maximum Gasteiger partial charge on any atom is 0.206 e. The van der Waals surface area contributed by atoms with Gasteiger partial charge in [-0.3, -0.25) is 4.79 Å². The lowest BCUT2D eigenvalue weighted by molar-refractivity contribution is -0.0534. The first kappa shape index (κ1) is 14.7. The summed E-state index contributed by atoms with van der Waals surface area (Å²) < 4.78 is 6.09. The van der Waals surface area contributed by atoms with Gasteiger partial charge in [0.15, 0.2) is 11.7 Å². The Hall–Kier alpha value is -2.91. The molecule has 1 N–H and O–H groups in total. The van der Waals surface area contributed by atoms with E-state index in [-0.39, 0.29) is 5.78 Å². The third-order valence-corrected chi connectivity index (χ3v) is 4.42. The largest absolute Gasteiger partial charge is 0.481 e. The lowest BCUT2D eigenvalue weighted by Crippen LogP contribution is -2.47. The molecule has 0 aliphatic carbocycles. The third kappa shape index (κ3) is 2.14. The van der Waals surface area contributed by atoms with Crippen LogP contribution in [0.4, 0.5) is 0 Å². The summed E-state index contributed by atoms with van der Waals surface area (Å²) in [4.78, 5) is 13.2. The average Bonchev–Trinajstić information content (AvgIpc) is 2.66. The molecule has 1 heterocycles. The Kier molecular flexibility index (Phi) is 3.44. The van der Waals surface area contributed by atoms with Crippen LogP contribution in [0, 0.1) is 0 Å². The van der Waals surface area contributed by atoms with Crippen molar-refractivity contribution in [1.82, 2.24) is 0 Å². The second kappa shape index (κ2) is 5.62. The molecule has 0 bridgehead atoms. The minimum atomic E-state index is -1.77. The predicted octanol–water partition coefficient (Wildman–Crippen LogP) is 3.89. The maximum absolute atomic E-state index is 13.2. The minimum absolute atomic E-state index is 0.343. The van der Waals surface area contributed by atoms with Crippen LogP contribution >= 0.6 is 0 Å². The molecule has 0 saturated carbocycles. The zero-order valence-corrected chi connectivity index (χ0v) is 12.9. The Labute approximate surface area is 140 Å². The normalized spacial score (nSPS) is 22.5. The molecule has 1 aliphatic rings. The van der Waals surface area contributed by atoms with Crippen molar-refractivity contribution in [1.29, 1.82) is 0 Å². The van der Waals surface area contributed by atoms with Crippen LogP contribution in [0.2, 0.25) is 0 Å². The zero-order valence-electron chi connectivity index (χ0n) is 12.9.